The van der Waals surface area contributed by atoms with Crippen LogP contribution in [-0.2, 0) is 0 Å². The lowest BCUT2D eigenvalue weighted by Crippen LogP contribution is -2.12. The van der Waals surface area contributed by atoms with E-state index in [4.69, 9.17) is 4.74 Å². The Morgan fingerprint density at radius 3 is 2.43 bits per heavy atom. The van der Waals surface area contributed by atoms with Crippen molar-refractivity contribution in [3.63, 3.8) is 0 Å². The van der Waals surface area contributed by atoms with Crippen LogP contribution in [0.15, 0.2) is 60.1 Å². The van der Waals surface area contributed by atoms with E-state index < -0.39 is 0 Å². The summed E-state index contributed by atoms with van der Waals surface area (Å²) in [5.41, 5.74) is 4.67. The molecule has 28 heavy (non-hydrogen) atoms. The number of benzene rings is 2. The number of thiazole rings is 1. The summed E-state index contributed by atoms with van der Waals surface area (Å²) >= 11 is 1.61. The van der Waals surface area contributed by atoms with Gasteiger partial charge in [0, 0.05) is 22.2 Å². The number of carbonyl (C=O) groups excluding carboxylic acids is 1. The fourth-order valence-corrected chi connectivity index (χ4v) is 3.48. The number of aryl methyl sites for hydroxylation is 1. The minimum absolute atomic E-state index is 0.225. The van der Waals surface area contributed by atoms with Crippen molar-refractivity contribution in [2.45, 2.75) is 6.92 Å². The van der Waals surface area contributed by atoms with Gasteiger partial charge in [-0.15, -0.1) is 11.3 Å². The number of nitrogens with zero attached hydrogens (tertiary/aromatic N) is 2. The van der Waals surface area contributed by atoms with Gasteiger partial charge in [0.2, 0.25) is 0 Å². The number of ether oxygens (including phenoxy) is 1. The SMILES string of the molecule is COc1ccc(-c2[nH]ncc2C(=O)Nc2ccc(-c3csc(C)n3)cc2)cc1. The van der Waals surface area contributed by atoms with E-state index in [1.54, 1.807) is 18.4 Å². The molecule has 1 amide bonds. The molecule has 140 valence electrons. The van der Waals surface area contributed by atoms with Gasteiger partial charge in [0.15, 0.2) is 0 Å². The lowest BCUT2D eigenvalue weighted by atomic mass is 10.1. The van der Waals surface area contributed by atoms with E-state index in [0.717, 1.165) is 27.6 Å². The first-order valence-electron chi connectivity index (χ1n) is 8.66. The Kier molecular flexibility index (Phi) is 4.90. The zero-order valence-corrected chi connectivity index (χ0v) is 16.2. The third-order valence-corrected chi connectivity index (χ3v) is 5.09. The molecule has 4 aromatic rings. The highest BCUT2D eigenvalue weighted by Gasteiger charge is 2.16. The molecule has 2 aromatic heterocycles. The predicted octanol–water partition coefficient (Wildman–Crippen LogP) is 4.77. The van der Waals surface area contributed by atoms with E-state index in [1.165, 1.54) is 6.20 Å². The monoisotopic (exact) mass is 390 g/mol. The summed E-state index contributed by atoms with van der Waals surface area (Å²) < 4.78 is 5.18. The average molecular weight is 390 g/mol. The van der Waals surface area contributed by atoms with Crippen LogP contribution >= 0.6 is 11.3 Å². The highest BCUT2D eigenvalue weighted by Crippen LogP contribution is 2.26. The highest BCUT2D eigenvalue weighted by atomic mass is 32.1. The Hall–Kier alpha value is -3.45. The number of aromatic amines is 1. The van der Waals surface area contributed by atoms with Crippen molar-refractivity contribution < 1.29 is 9.53 Å². The van der Waals surface area contributed by atoms with E-state index in [0.29, 0.717) is 16.9 Å². The van der Waals surface area contributed by atoms with Crippen LogP contribution in [0.5, 0.6) is 5.75 Å². The zero-order valence-electron chi connectivity index (χ0n) is 15.4. The van der Waals surface area contributed by atoms with E-state index in [1.807, 2.05) is 60.8 Å². The quantitative estimate of drug-likeness (QED) is 0.514. The molecule has 0 bridgehead atoms. The largest absolute Gasteiger partial charge is 0.497 e. The summed E-state index contributed by atoms with van der Waals surface area (Å²) in [6, 6.07) is 15.1. The summed E-state index contributed by atoms with van der Waals surface area (Å²) in [6.07, 6.45) is 1.53. The topological polar surface area (TPSA) is 79.9 Å². The number of hydrogen-bond acceptors (Lipinski definition) is 5. The predicted molar refractivity (Wildman–Crippen MR) is 111 cm³/mol. The van der Waals surface area contributed by atoms with Crippen LogP contribution in [0.25, 0.3) is 22.5 Å². The van der Waals surface area contributed by atoms with Crippen molar-refractivity contribution >= 4 is 22.9 Å². The Morgan fingerprint density at radius 2 is 1.79 bits per heavy atom. The molecule has 4 rings (SSSR count). The molecule has 0 saturated carbocycles. The molecule has 2 N–H and O–H groups in total. The third kappa shape index (κ3) is 3.65. The van der Waals surface area contributed by atoms with Crippen molar-refractivity contribution in [1.82, 2.24) is 15.2 Å². The first-order valence-corrected chi connectivity index (χ1v) is 9.54. The second-order valence-corrected chi connectivity index (χ2v) is 7.23. The highest BCUT2D eigenvalue weighted by molar-refractivity contribution is 7.09. The molecule has 0 atom stereocenters. The second-order valence-electron chi connectivity index (χ2n) is 6.17. The van der Waals surface area contributed by atoms with Gasteiger partial charge in [0.1, 0.15) is 5.75 Å². The Balaban J connectivity index is 1.52. The van der Waals surface area contributed by atoms with E-state index in [2.05, 4.69) is 20.5 Å². The van der Waals surface area contributed by atoms with Crippen LogP contribution in [0.2, 0.25) is 0 Å². The standard InChI is InChI=1S/C21H18N4O2S/c1-13-23-19(12-28-13)14-3-7-16(8-4-14)24-21(26)18-11-22-25-20(18)15-5-9-17(27-2)10-6-15/h3-12H,1-2H3,(H,22,25)(H,24,26). The van der Waals surface area contributed by atoms with Crippen LogP contribution in [0, 0.1) is 6.92 Å². The fraction of sp³-hybridized carbons (Fsp3) is 0.0952. The smallest absolute Gasteiger partial charge is 0.259 e. The molecule has 0 aliphatic carbocycles. The number of methoxy groups -OCH3 is 1. The van der Waals surface area contributed by atoms with E-state index in [-0.39, 0.29) is 5.91 Å². The molecule has 7 heteroatoms. The molecule has 0 fully saturated rings. The van der Waals surface area contributed by atoms with Crippen molar-refractivity contribution in [1.29, 1.82) is 0 Å². The summed E-state index contributed by atoms with van der Waals surface area (Å²) in [7, 11) is 1.62. The van der Waals surface area contributed by atoms with Gasteiger partial charge in [-0.3, -0.25) is 9.89 Å². The molecule has 0 aliphatic heterocycles. The maximum absolute atomic E-state index is 12.7. The van der Waals surface area contributed by atoms with Gasteiger partial charge in [0.25, 0.3) is 5.91 Å². The first kappa shape index (κ1) is 17.9. The van der Waals surface area contributed by atoms with Gasteiger partial charge < -0.3 is 10.1 Å². The number of carbonyl (C=O) groups is 1. The van der Waals surface area contributed by atoms with Gasteiger partial charge in [-0.1, -0.05) is 12.1 Å². The van der Waals surface area contributed by atoms with Crippen molar-refractivity contribution in [3.05, 3.63) is 70.7 Å². The molecule has 2 aromatic carbocycles. The van der Waals surface area contributed by atoms with E-state index >= 15 is 0 Å². The van der Waals surface area contributed by atoms with Crippen molar-refractivity contribution in [3.8, 4) is 28.3 Å². The molecular weight excluding hydrogens is 372 g/mol. The molecule has 0 radical (unpaired) electrons. The number of amides is 1. The molecule has 0 spiro atoms. The maximum atomic E-state index is 12.7. The lowest BCUT2D eigenvalue weighted by Gasteiger charge is -2.07. The Morgan fingerprint density at radius 1 is 1.07 bits per heavy atom. The van der Waals surface area contributed by atoms with Crippen molar-refractivity contribution in [2.75, 3.05) is 12.4 Å². The first-order chi connectivity index (χ1) is 13.6. The van der Waals surface area contributed by atoms with Gasteiger partial charge in [-0.05, 0) is 43.3 Å². The van der Waals surface area contributed by atoms with Crippen molar-refractivity contribution in [2.24, 2.45) is 0 Å². The minimum atomic E-state index is -0.225. The number of hydrogen-bond donors (Lipinski definition) is 2. The minimum Gasteiger partial charge on any atom is -0.497 e. The molecular formula is C21H18N4O2S. The summed E-state index contributed by atoms with van der Waals surface area (Å²) in [5.74, 6) is 0.529. The number of nitrogens with one attached hydrogen (secondary N) is 2. The molecule has 0 unspecified atom stereocenters. The summed E-state index contributed by atoms with van der Waals surface area (Å²) in [5, 5.41) is 12.9. The van der Waals surface area contributed by atoms with Crippen LogP contribution in [0.1, 0.15) is 15.4 Å². The van der Waals surface area contributed by atoms with Crippen LogP contribution in [0.3, 0.4) is 0 Å². The van der Waals surface area contributed by atoms with Gasteiger partial charge in [0.05, 0.1) is 35.3 Å². The Labute approximate surface area is 166 Å². The molecule has 6 nitrogen and oxygen atoms in total. The van der Waals surface area contributed by atoms with Crippen LogP contribution in [0.4, 0.5) is 5.69 Å². The fourth-order valence-electron chi connectivity index (χ4n) is 2.85. The van der Waals surface area contributed by atoms with Crippen LogP contribution in [-0.4, -0.2) is 28.2 Å². The second kappa shape index (κ2) is 7.66. The van der Waals surface area contributed by atoms with Crippen LogP contribution < -0.4 is 10.1 Å². The summed E-state index contributed by atoms with van der Waals surface area (Å²) in [6.45, 7) is 1.98. The average Bonchev–Trinajstić information content (AvgIpc) is 3.38. The lowest BCUT2D eigenvalue weighted by molar-refractivity contribution is 0.102. The maximum Gasteiger partial charge on any atom is 0.259 e. The molecule has 0 saturated heterocycles. The molecule has 2 heterocycles. The number of aromatic nitrogens is 3. The van der Waals surface area contributed by atoms with Gasteiger partial charge >= 0.3 is 0 Å². The Bertz CT molecular complexity index is 1100. The zero-order chi connectivity index (χ0) is 19.5. The molecule has 0 aliphatic rings. The van der Waals surface area contributed by atoms with Gasteiger partial charge in [-0.2, -0.15) is 5.10 Å². The number of rotatable bonds is 5. The third-order valence-electron chi connectivity index (χ3n) is 4.32. The van der Waals surface area contributed by atoms with Gasteiger partial charge in [-0.25, -0.2) is 4.98 Å². The summed E-state index contributed by atoms with van der Waals surface area (Å²) in [4.78, 5) is 17.2. The normalized spacial score (nSPS) is 10.6. The number of anilines is 1. The number of H-pyrrole nitrogens is 1. The van der Waals surface area contributed by atoms with E-state index in [9.17, 15) is 4.79 Å².